The van der Waals surface area contributed by atoms with E-state index in [1.165, 1.54) is 0 Å². The molecular weight excluding hydrogens is 246 g/mol. The van der Waals surface area contributed by atoms with E-state index in [4.69, 9.17) is 11.5 Å². The van der Waals surface area contributed by atoms with Crippen molar-refractivity contribution in [2.45, 2.75) is 5.97 Å². The van der Waals surface area contributed by atoms with Crippen molar-refractivity contribution in [2.24, 2.45) is 0 Å². The van der Waals surface area contributed by atoms with Crippen LogP contribution >= 0.6 is 0 Å². The zero-order valence-electron chi connectivity index (χ0n) is 8.76. The summed E-state index contributed by atoms with van der Waals surface area (Å²) in [5.74, 6) is -2.88. The molecule has 1 aliphatic rings. The largest absolute Gasteiger partial charge is 0.368 e. The summed E-state index contributed by atoms with van der Waals surface area (Å²) in [5, 5.41) is 17.9. The molecule has 0 atom stereocenters. The summed E-state index contributed by atoms with van der Waals surface area (Å²) in [6.45, 7) is 0. The number of hydrogen-bond donors (Lipinski definition) is 7. The average molecular weight is 255 g/mol. The first-order valence-corrected chi connectivity index (χ1v) is 4.55. The lowest BCUT2D eigenvalue weighted by atomic mass is 10.5. The molecule has 0 aliphatic carbocycles. The highest BCUT2D eigenvalue weighted by Gasteiger charge is 2.37. The minimum atomic E-state index is -2.26. The number of aromatic nitrogens is 3. The molecule has 12 nitrogen and oxygen atoms in total. The van der Waals surface area contributed by atoms with Gasteiger partial charge < -0.3 is 16.6 Å². The number of rotatable bonds is 2. The lowest BCUT2D eigenvalue weighted by Crippen LogP contribution is -2.74. The first-order chi connectivity index (χ1) is 8.36. The van der Waals surface area contributed by atoms with Gasteiger partial charge in [0.15, 0.2) is 0 Å². The van der Waals surface area contributed by atoms with E-state index >= 15 is 0 Å². The molecule has 0 bridgehead atoms. The molecule has 0 saturated carbocycles. The van der Waals surface area contributed by atoms with Crippen LogP contribution in [0.3, 0.4) is 0 Å². The lowest BCUT2D eigenvalue weighted by Gasteiger charge is -2.33. The zero-order valence-corrected chi connectivity index (χ0v) is 8.76. The van der Waals surface area contributed by atoms with Crippen LogP contribution in [0.25, 0.3) is 0 Å². The van der Waals surface area contributed by atoms with Gasteiger partial charge in [0.1, 0.15) is 0 Å². The topological polar surface area (TPSA) is 193 Å². The zero-order chi connectivity index (χ0) is 13.3. The number of nitrogens with zero attached hydrogens (tertiary/aromatic N) is 3. The van der Waals surface area contributed by atoms with Gasteiger partial charge in [-0.15, -0.1) is 0 Å². The normalized spacial score (nSPS) is 17.4. The molecule has 12 heteroatoms. The second-order valence-electron chi connectivity index (χ2n) is 3.24. The van der Waals surface area contributed by atoms with Crippen molar-refractivity contribution in [2.75, 3.05) is 16.8 Å². The Morgan fingerprint density at radius 1 is 1.06 bits per heavy atom. The Bertz CT molecular complexity index is 481. The van der Waals surface area contributed by atoms with Crippen molar-refractivity contribution >= 4 is 29.9 Å². The number of amides is 4. The van der Waals surface area contributed by atoms with Crippen LogP contribution in [-0.2, 0) is 0 Å². The Balaban J connectivity index is 2.21. The molecule has 0 radical (unpaired) electrons. The SMILES string of the molecule is Nc1nc(N)nc(NC2(O)NC(=O)NC(=O)N2)n1. The summed E-state index contributed by atoms with van der Waals surface area (Å²) in [4.78, 5) is 32.8. The monoisotopic (exact) mass is 255 g/mol. The molecule has 1 aromatic heterocycles. The Labute approximate surface area is 99.2 Å². The number of aliphatic hydroxyl groups is 1. The van der Waals surface area contributed by atoms with E-state index in [2.05, 4.69) is 20.3 Å². The molecule has 4 amide bonds. The second kappa shape index (κ2) is 3.85. The van der Waals surface area contributed by atoms with Crippen molar-refractivity contribution in [3.63, 3.8) is 0 Å². The van der Waals surface area contributed by atoms with Crippen molar-refractivity contribution in [3.05, 3.63) is 0 Å². The van der Waals surface area contributed by atoms with E-state index in [1.807, 2.05) is 16.0 Å². The Kier molecular flexibility index (Phi) is 2.48. The quantitative estimate of drug-likeness (QED) is 0.271. The van der Waals surface area contributed by atoms with Crippen LogP contribution in [0.1, 0.15) is 0 Å². The maximum Gasteiger partial charge on any atom is 0.328 e. The minimum absolute atomic E-state index is 0.194. The number of nitrogen functional groups attached to an aromatic ring is 2. The van der Waals surface area contributed by atoms with Gasteiger partial charge in [0, 0.05) is 0 Å². The molecule has 2 rings (SSSR count). The number of carbonyl (C=O) groups excluding carboxylic acids is 2. The van der Waals surface area contributed by atoms with Crippen LogP contribution in [0.15, 0.2) is 0 Å². The van der Waals surface area contributed by atoms with Gasteiger partial charge in [-0.3, -0.25) is 21.3 Å². The van der Waals surface area contributed by atoms with E-state index in [1.54, 1.807) is 0 Å². The van der Waals surface area contributed by atoms with Crippen molar-refractivity contribution < 1.29 is 14.7 Å². The summed E-state index contributed by atoms with van der Waals surface area (Å²) < 4.78 is 0. The van der Waals surface area contributed by atoms with Gasteiger partial charge in [-0.1, -0.05) is 0 Å². The molecular formula is C6H9N9O3. The first kappa shape index (κ1) is 11.6. The summed E-state index contributed by atoms with van der Waals surface area (Å²) in [5.41, 5.74) is 10.6. The maximum atomic E-state index is 11.0. The van der Waals surface area contributed by atoms with E-state index < -0.39 is 18.0 Å². The highest BCUT2D eigenvalue weighted by atomic mass is 16.4. The molecule has 1 fully saturated rings. The summed E-state index contributed by atoms with van der Waals surface area (Å²) >= 11 is 0. The highest BCUT2D eigenvalue weighted by Crippen LogP contribution is 2.08. The third-order valence-corrected chi connectivity index (χ3v) is 1.78. The predicted octanol–water partition coefficient (Wildman–Crippen LogP) is -2.93. The van der Waals surface area contributed by atoms with E-state index in [0.29, 0.717) is 0 Å². The molecule has 1 aliphatic heterocycles. The smallest absolute Gasteiger partial charge is 0.328 e. The number of imide groups is 1. The molecule has 18 heavy (non-hydrogen) atoms. The maximum absolute atomic E-state index is 11.0. The fourth-order valence-corrected chi connectivity index (χ4v) is 1.22. The van der Waals surface area contributed by atoms with Crippen molar-refractivity contribution in [1.29, 1.82) is 0 Å². The Morgan fingerprint density at radius 2 is 1.56 bits per heavy atom. The number of carbonyl (C=O) groups is 2. The fourth-order valence-electron chi connectivity index (χ4n) is 1.22. The number of hydrogen-bond acceptors (Lipinski definition) is 9. The highest BCUT2D eigenvalue weighted by molar-refractivity contribution is 5.96. The van der Waals surface area contributed by atoms with Crippen molar-refractivity contribution in [3.8, 4) is 0 Å². The first-order valence-electron chi connectivity index (χ1n) is 4.55. The molecule has 2 heterocycles. The number of urea groups is 2. The van der Waals surface area contributed by atoms with Gasteiger partial charge >= 0.3 is 18.0 Å². The second-order valence-corrected chi connectivity index (χ2v) is 3.24. The fraction of sp³-hybridized carbons (Fsp3) is 0.167. The molecule has 0 unspecified atom stereocenters. The molecule has 9 N–H and O–H groups in total. The molecule has 0 aromatic carbocycles. The lowest BCUT2D eigenvalue weighted by molar-refractivity contribution is 0.0147. The van der Waals surface area contributed by atoms with Gasteiger partial charge in [-0.05, 0) is 0 Å². The van der Waals surface area contributed by atoms with Gasteiger partial charge in [0.2, 0.25) is 17.8 Å². The molecule has 0 spiro atoms. The Morgan fingerprint density at radius 3 is 2.06 bits per heavy atom. The van der Waals surface area contributed by atoms with Gasteiger partial charge in [-0.25, -0.2) is 9.59 Å². The van der Waals surface area contributed by atoms with Crippen LogP contribution in [-0.4, -0.2) is 38.1 Å². The van der Waals surface area contributed by atoms with E-state index in [9.17, 15) is 14.7 Å². The van der Waals surface area contributed by atoms with Crippen LogP contribution in [0.4, 0.5) is 27.4 Å². The minimum Gasteiger partial charge on any atom is -0.368 e. The van der Waals surface area contributed by atoms with E-state index in [0.717, 1.165) is 0 Å². The van der Waals surface area contributed by atoms with Crippen LogP contribution in [0.2, 0.25) is 0 Å². The van der Waals surface area contributed by atoms with Gasteiger partial charge in [-0.2, -0.15) is 15.0 Å². The molecule has 96 valence electrons. The standard InChI is InChI=1S/C6H9N9O3/c7-1-9-2(8)11-3(10-1)13-6(18)14-4(16)12-5(17)15-6/h18H,(H3,12,14,15,16,17)(H5,7,8,9,10,11,13). The number of nitrogens with two attached hydrogens (primary N) is 2. The van der Waals surface area contributed by atoms with Gasteiger partial charge in [0.05, 0.1) is 0 Å². The van der Waals surface area contributed by atoms with E-state index in [-0.39, 0.29) is 17.8 Å². The van der Waals surface area contributed by atoms with Crippen LogP contribution in [0.5, 0.6) is 0 Å². The molecule has 1 aromatic rings. The molecule has 1 saturated heterocycles. The summed E-state index contributed by atoms with van der Waals surface area (Å²) in [7, 11) is 0. The number of anilines is 3. The number of nitrogens with one attached hydrogen (secondary N) is 4. The summed E-state index contributed by atoms with van der Waals surface area (Å²) in [6, 6.07) is -1.83. The van der Waals surface area contributed by atoms with Crippen LogP contribution in [0, 0.1) is 0 Å². The third kappa shape index (κ3) is 2.43. The summed E-state index contributed by atoms with van der Waals surface area (Å²) in [6.07, 6.45) is 0. The van der Waals surface area contributed by atoms with Crippen LogP contribution < -0.4 is 32.7 Å². The Hall–Kier alpha value is -2.89. The predicted molar refractivity (Wildman–Crippen MR) is 57.4 cm³/mol. The van der Waals surface area contributed by atoms with Crippen molar-refractivity contribution in [1.82, 2.24) is 30.9 Å². The van der Waals surface area contributed by atoms with Gasteiger partial charge in [0.25, 0.3) is 0 Å². The average Bonchev–Trinajstić information content (AvgIpc) is 2.10. The third-order valence-electron chi connectivity index (χ3n) is 1.78.